The van der Waals surface area contributed by atoms with Gasteiger partial charge in [-0.1, -0.05) is 5.16 Å². The lowest BCUT2D eigenvalue weighted by molar-refractivity contribution is 0.0569. The molecule has 4 heterocycles. The predicted molar refractivity (Wildman–Crippen MR) is 95.8 cm³/mol. The van der Waals surface area contributed by atoms with E-state index in [4.69, 9.17) is 9.26 Å². The van der Waals surface area contributed by atoms with Gasteiger partial charge in [0.1, 0.15) is 0 Å². The van der Waals surface area contributed by atoms with Gasteiger partial charge in [0, 0.05) is 37.8 Å². The number of aromatic nitrogens is 4. The Morgan fingerprint density at radius 1 is 1.30 bits per heavy atom. The first kappa shape index (κ1) is 17.4. The highest BCUT2D eigenvalue weighted by Gasteiger charge is 2.30. The average Bonchev–Trinajstić information content (AvgIpc) is 3.34. The highest BCUT2D eigenvalue weighted by molar-refractivity contribution is 5.91. The molecule has 27 heavy (non-hydrogen) atoms. The van der Waals surface area contributed by atoms with E-state index < -0.39 is 0 Å². The Bertz CT molecular complexity index is 905. The minimum Gasteiger partial charge on any atom is -0.377 e. The lowest BCUT2D eigenvalue weighted by atomic mass is 10.1. The molecule has 1 atom stereocenters. The van der Waals surface area contributed by atoms with Gasteiger partial charge in [0.15, 0.2) is 0 Å². The number of carbonyl (C=O) groups is 1. The lowest BCUT2D eigenvalue weighted by Gasteiger charge is -2.33. The van der Waals surface area contributed by atoms with Gasteiger partial charge in [-0.2, -0.15) is 5.10 Å². The van der Waals surface area contributed by atoms with Crippen LogP contribution in [0.15, 0.2) is 47.4 Å². The molecule has 0 fully saturated rings. The predicted octanol–water partition coefficient (Wildman–Crippen LogP) is 2.38. The Labute approximate surface area is 156 Å². The Balaban J connectivity index is 1.39. The van der Waals surface area contributed by atoms with Crippen LogP contribution in [-0.2, 0) is 17.9 Å². The molecule has 0 saturated heterocycles. The second kappa shape index (κ2) is 7.71. The maximum absolute atomic E-state index is 12.7. The van der Waals surface area contributed by atoms with Crippen LogP contribution in [0.25, 0.3) is 0 Å². The maximum Gasteiger partial charge on any atom is 0.292 e. The summed E-state index contributed by atoms with van der Waals surface area (Å²) in [5.74, 6) is 0.124. The number of rotatable bonds is 6. The first-order valence-corrected chi connectivity index (χ1v) is 8.92. The van der Waals surface area contributed by atoms with Crippen LogP contribution in [0.5, 0.6) is 0 Å². The van der Waals surface area contributed by atoms with E-state index in [1.54, 1.807) is 36.5 Å². The quantitative estimate of drug-likeness (QED) is 0.622. The minimum atomic E-state index is -0.147. The Morgan fingerprint density at radius 3 is 2.93 bits per heavy atom. The zero-order chi connectivity index (χ0) is 18.6. The van der Waals surface area contributed by atoms with Crippen molar-refractivity contribution in [3.05, 3.63) is 65.6 Å². The summed E-state index contributed by atoms with van der Waals surface area (Å²) < 4.78 is 12.9. The maximum atomic E-state index is 12.7. The van der Waals surface area contributed by atoms with Crippen LogP contribution >= 0.6 is 0 Å². The van der Waals surface area contributed by atoms with Gasteiger partial charge in [-0.15, -0.1) is 0 Å². The van der Waals surface area contributed by atoms with E-state index in [1.165, 1.54) is 0 Å². The first-order chi connectivity index (χ1) is 13.2. The second-order valence-electron chi connectivity index (χ2n) is 6.64. The molecule has 8 nitrogen and oxygen atoms in total. The molecule has 4 rings (SSSR count). The van der Waals surface area contributed by atoms with E-state index in [9.17, 15) is 4.79 Å². The third kappa shape index (κ3) is 3.90. The van der Waals surface area contributed by atoms with Crippen molar-refractivity contribution in [2.24, 2.45) is 0 Å². The molecule has 3 aromatic rings. The minimum absolute atomic E-state index is 0.0640. The van der Waals surface area contributed by atoms with E-state index in [0.29, 0.717) is 32.0 Å². The highest BCUT2D eigenvalue weighted by Crippen LogP contribution is 2.24. The van der Waals surface area contributed by atoms with E-state index in [-0.39, 0.29) is 17.7 Å². The van der Waals surface area contributed by atoms with Crippen LogP contribution in [-0.4, -0.2) is 43.9 Å². The molecule has 1 amide bonds. The number of hydrogen-bond donors (Lipinski definition) is 0. The molecule has 1 aliphatic heterocycles. The normalized spacial score (nSPS) is 16.3. The van der Waals surface area contributed by atoms with Crippen LogP contribution in [0.3, 0.4) is 0 Å². The molecule has 0 bridgehead atoms. The second-order valence-corrected chi connectivity index (χ2v) is 6.64. The molecule has 0 aliphatic carbocycles. The summed E-state index contributed by atoms with van der Waals surface area (Å²) in [6.07, 6.45) is 6.04. The van der Waals surface area contributed by atoms with Gasteiger partial charge in [0.05, 0.1) is 30.6 Å². The van der Waals surface area contributed by atoms with Gasteiger partial charge in [-0.05, 0) is 37.1 Å². The standard InChI is InChI=1S/C19H21N5O3/c1-14-10-18(27-22-14)19(25)23-11-16-4-8-21-24(16)17(12-23)5-9-26-13-15-2-6-20-7-3-15/h2-4,6-8,10,17H,5,9,11-13H2,1H3. The SMILES string of the molecule is Cc1cc(C(=O)N2Cc3ccnn3C(CCOCc3ccncc3)C2)on1. The van der Waals surface area contributed by atoms with Crippen LogP contribution in [0, 0.1) is 6.92 Å². The summed E-state index contributed by atoms with van der Waals surface area (Å²) in [6.45, 7) is 3.99. The lowest BCUT2D eigenvalue weighted by Crippen LogP contribution is -2.41. The molecule has 3 aromatic heterocycles. The molecule has 0 spiro atoms. The number of hydrogen-bond acceptors (Lipinski definition) is 6. The summed E-state index contributed by atoms with van der Waals surface area (Å²) in [7, 11) is 0. The molecule has 0 saturated carbocycles. The van der Waals surface area contributed by atoms with Crippen molar-refractivity contribution in [3.63, 3.8) is 0 Å². The van der Waals surface area contributed by atoms with Crippen molar-refractivity contribution >= 4 is 5.91 Å². The van der Waals surface area contributed by atoms with Crippen molar-refractivity contribution in [3.8, 4) is 0 Å². The molecular weight excluding hydrogens is 346 g/mol. The number of ether oxygens (including phenoxy) is 1. The summed E-state index contributed by atoms with van der Waals surface area (Å²) >= 11 is 0. The largest absolute Gasteiger partial charge is 0.377 e. The fourth-order valence-electron chi connectivity index (χ4n) is 3.26. The molecule has 1 aliphatic rings. The Morgan fingerprint density at radius 2 is 2.15 bits per heavy atom. The molecular formula is C19H21N5O3. The average molecular weight is 367 g/mol. The van der Waals surface area contributed by atoms with Crippen LogP contribution in [0.2, 0.25) is 0 Å². The number of pyridine rings is 1. The summed E-state index contributed by atoms with van der Waals surface area (Å²) in [6, 6.07) is 7.55. The van der Waals surface area contributed by atoms with E-state index >= 15 is 0 Å². The van der Waals surface area contributed by atoms with Crippen LogP contribution in [0.4, 0.5) is 0 Å². The number of aryl methyl sites for hydroxylation is 1. The van der Waals surface area contributed by atoms with Crippen LogP contribution in [0.1, 0.15) is 40.0 Å². The zero-order valence-corrected chi connectivity index (χ0v) is 15.1. The van der Waals surface area contributed by atoms with Gasteiger partial charge in [0.25, 0.3) is 5.91 Å². The van der Waals surface area contributed by atoms with Crippen molar-refractivity contribution in [2.75, 3.05) is 13.2 Å². The van der Waals surface area contributed by atoms with Gasteiger partial charge in [-0.3, -0.25) is 14.5 Å². The van der Waals surface area contributed by atoms with Gasteiger partial charge < -0.3 is 14.2 Å². The fraction of sp³-hybridized carbons (Fsp3) is 0.368. The molecule has 0 radical (unpaired) electrons. The summed E-state index contributed by atoms with van der Waals surface area (Å²) in [4.78, 5) is 18.5. The van der Waals surface area contributed by atoms with Crippen molar-refractivity contribution < 1.29 is 14.1 Å². The first-order valence-electron chi connectivity index (χ1n) is 8.92. The summed E-state index contributed by atoms with van der Waals surface area (Å²) in [5, 5.41) is 8.24. The summed E-state index contributed by atoms with van der Waals surface area (Å²) in [5.41, 5.74) is 2.79. The monoisotopic (exact) mass is 367 g/mol. The number of carbonyl (C=O) groups excluding carboxylic acids is 1. The highest BCUT2D eigenvalue weighted by atomic mass is 16.5. The van der Waals surface area contributed by atoms with E-state index in [0.717, 1.165) is 17.7 Å². The Hall–Kier alpha value is -3.00. The topological polar surface area (TPSA) is 86.3 Å². The molecule has 8 heteroatoms. The number of nitrogens with zero attached hydrogens (tertiary/aromatic N) is 5. The van der Waals surface area contributed by atoms with Gasteiger partial charge >= 0.3 is 0 Å². The van der Waals surface area contributed by atoms with Crippen molar-refractivity contribution in [2.45, 2.75) is 32.5 Å². The third-order valence-corrected chi connectivity index (χ3v) is 4.62. The van der Waals surface area contributed by atoms with Gasteiger partial charge in [-0.25, -0.2) is 0 Å². The van der Waals surface area contributed by atoms with Crippen molar-refractivity contribution in [1.29, 1.82) is 0 Å². The molecule has 1 unspecified atom stereocenters. The van der Waals surface area contributed by atoms with E-state index in [1.807, 2.05) is 22.9 Å². The smallest absolute Gasteiger partial charge is 0.292 e. The molecule has 0 N–H and O–H groups in total. The zero-order valence-electron chi connectivity index (χ0n) is 15.1. The fourth-order valence-corrected chi connectivity index (χ4v) is 3.26. The van der Waals surface area contributed by atoms with E-state index in [2.05, 4.69) is 15.2 Å². The number of fused-ring (bicyclic) bond motifs is 1. The van der Waals surface area contributed by atoms with Crippen LogP contribution < -0.4 is 0 Å². The molecule has 0 aromatic carbocycles. The van der Waals surface area contributed by atoms with Gasteiger partial charge in [0.2, 0.25) is 5.76 Å². The van der Waals surface area contributed by atoms with Crippen molar-refractivity contribution in [1.82, 2.24) is 24.8 Å². The Kier molecular flexibility index (Phi) is 4.97. The third-order valence-electron chi connectivity index (χ3n) is 4.62. The number of amides is 1. The molecule has 140 valence electrons.